The van der Waals surface area contributed by atoms with Crippen molar-refractivity contribution in [2.45, 2.75) is 50.0 Å². The zero-order valence-corrected chi connectivity index (χ0v) is 23.8. The Morgan fingerprint density at radius 1 is 0.900 bits per heavy atom. The molecule has 3 aromatic rings. The quantitative estimate of drug-likeness (QED) is 0.386. The van der Waals surface area contributed by atoms with E-state index in [1.807, 2.05) is 68.4 Å². The van der Waals surface area contributed by atoms with Gasteiger partial charge in [-0.1, -0.05) is 24.3 Å². The van der Waals surface area contributed by atoms with Crippen LogP contribution in [0, 0.1) is 11.2 Å². The summed E-state index contributed by atoms with van der Waals surface area (Å²) < 4.78 is 48.4. The monoisotopic (exact) mass is 565 g/mol. The highest BCUT2D eigenvalue weighted by atomic mass is 32.2. The molecule has 0 saturated carbocycles. The van der Waals surface area contributed by atoms with Gasteiger partial charge in [-0.3, -0.25) is 9.69 Å². The van der Waals surface area contributed by atoms with Gasteiger partial charge in [0.05, 0.1) is 11.4 Å². The number of para-hydroxylation sites is 1. The van der Waals surface area contributed by atoms with E-state index in [9.17, 15) is 17.6 Å². The highest BCUT2D eigenvalue weighted by Gasteiger charge is 2.49. The van der Waals surface area contributed by atoms with Gasteiger partial charge in [-0.05, 0) is 113 Å². The Labute approximate surface area is 236 Å². The molecule has 40 heavy (non-hydrogen) atoms. The molecule has 9 heteroatoms. The van der Waals surface area contributed by atoms with E-state index in [-0.39, 0.29) is 22.8 Å². The fraction of sp³-hybridized carbons (Fsp3) is 0.387. The maximum Gasteiger partial charge on any atom is 0.243 e. The standard InChI is InChI=1S/C31H36FN3O4S/c1-30(2)15-16-31(23-35(30)40(37,38)28-10-6-7-24(32)21-28)17-19-34(20-18-31)22-29(36)33-25-11-13-27(14-12-25)39-26-8-4-3-5-9-26/h3-14,21H,15-20,22-23H2,1-2H3,(H,33,36). The first kappa shape index (κ1) is 28.3. The average Bonchev–Trinajstić information content (AvgIpc) is 2.93. The van der Waals surface area contributed by atoms with Gasteiger partial charge in [0.15, 0.2) is 0 Å². The van der Waals surface area contributed by atoms with Gasteiger partial charge in [-0.15, -0.1) is 0 Å². The van der Waals surface area contributed by atoms with Crippen LogP contribution < -0.4 is 10.1 Å². The minimum atomic E-state index is -3.85. The third kappa shape index (κ3) is 6.37. The minimum absolute atomic E-state index is 0.00797. The zero-order valence-electron chi connectivity index (χ0n) is 23.0. The second-order valence-electron chi connectivity index (χ2n) is 11.5. The Hall–Kier alpha value is -3.27. The van der Waals surface area contributed by atoms with E-state index >= 15 is 0 Å². The molecule has 0 atom stereocenters. The van der Waals surface area contributed by atoms with Gasteiger partial charge in [0.25, 0.3) is 0 Å². The third-order valence-corrected chi connectivity index (χ3v) is 10.3. The molecule has 0 aliphatic carbocycles. The Bertz CT molecular complexity index is 1440. The number of nitrogens with zero attached hydrogens (tertiary/aromatic N) is 2. The molecule has 7 nitrogen and oxygen atoms in total. The summed E-state index contributed by atoms with van der Waals surface area (Å²) in [6.07, 6.45) is 3.26. The topological polar surface area (TPSA) is 79.0 Å². The molecule has 3 aromatic carbocycles. The van der Waals surface area contributed by atoms with Crippen molar-refractivity contribution >= 4 is 21.6 Å². The molecule has 5 rings (SSSR count). The number of amides is 1. The van der Waals surface area contributed by atoms with Crippen molar-refractivity contribution in [3.05, 3.63) is 84.7 Å². The van der Waals surface area contributed by atoms with Gasteiger partial charge in [0.1, 0.15) is 17.3 Å². The van der Waals surface area contributed by atoms with Crippen LogP contribution in [0.2, 0.25) is 0 Å². The molecule has 0 bridgehead atoms. The third-order valence-electron chi connectivity index (χ3n) is 8.21. The summed E-state index contributed by atoms with van der Waals surface area (Å²) in [7, 11) is -3.85. The second-order valence-corrected chi connectivity index (χ2v) is 13.4. The largest absolute Gasteiger partial charge is 0.457 e. The average molecular weight is 566 g/mol. The van der Waals surface area contributed by atoms with Crippen molar-refractivity contribution in [2.24, 2.45) is 5.41 Å². The number of anilines is 1. The van der Waals surface area contributed by atoms with Crippen LogP contribution in [-0.4, -0.2) is 55.2 Å². The van der Waals surface area contributed by atoms with Gasteiger partial charge < -0.3 is 10.1 Å². The van der Waals surface area contributed by atoms with Crippen LogP contribution in [0.15, 0.2) is 83.8 Å². The van der Waals surface area contributed by atoms with Gasteiger partial charge >= 0.3 is 0 Å². The van der Waals surface area contributed by atoms with Gasteiger partial charge in [-0.2, -0.15) is 4.31 Å². The van der Waals surface area contributed by atoms with Crippen molar-refractivity contribution in [1.82, 2.24) is 9.21 Å². The van der Waals surface area contributed by atoms with E-state index in [1.54, 1.807) is 4.31 Å². The number of likely N-dealkylation sites (tertiary alicyclic amines) is 1. The summed E-state index contributed by atoms with van der Waals surface area (Å²) >= 11 is 0. The van der Waals surface area contributed by atoms with Crippen molar-refractivity contribution in [3.8, 4) is 11.5 Å². The summed E-state index contributed by atoms with van der Waals surface area (Å²) in [6, 6.07) is 22.0. The number of halogens is 1. The smallest absolute Gasteiger partial charge is 0.243 e. The number of nitrogens with one attached hydrogen (secondary N) is 1. The Kier molecular flexibility index (Phi) is 7.99. The van der Waals surface area contributed by atoms with Gasteiger partial charge in [0, 0.05) is 17.8 Å². The van der Waals surface area contributed by atoms with E-state index in [2.05, 4.69) is 10.2 Å². The lowest BCUT2D eigenvalue weighted by Crippen LogP contribution is -2.59. The SMILES string of the molecule is CC1(C)CCC2(CCN(CC(=O)Nc3ccc(Oc4ccccc4)cc3)CC2)CN1S(=O)(=O)c1cccc(F)c1. The maximum atomic E-state index is 13.9. The minimum Gasteiger partial charge on any atom is -0.457 e. The van der Waals surface area contributed by atoms with Crippen LogP contribution in [0.1, 0.15) is 39.5 Å². The number of hydrogen-bond acceptors (Lipinski definition) is 5. The molecule has 0 radical (unpaired) electrons. The molecule has 2 saturated heterocycles. The molecule has 0 unspecified atom stereocenters. The lowest BCUT2D eigenvalue weighted by atomic mass is 9.69. The van der Waals surface area contributed by atoms with Crippen LogP contribution in [0.5, 0.6) is 11.5 Å². The normalized spacial score (nSPS) is 19.3. The number of piperidine rings is 2. The Balaban J connectivity index is 1.16. The van der Waals surface area contributed by atoms with Gasteiger partial charge in [-0.25, -0.2) is 12.8 Å². The van der Waals surface area contributed by atoms with E-state index in [0.29, 0.717) is 31.1 Å². The molecule has 1 spiro atoms. The van der Waals surface area contributed by atoms with Crippen molar-refractivity contribution in [1.29, 1.82) is 0 Å². The number of carbonyl (C=O) groups is 1. The Morgan fingerprint density at radius 2 is 1.57 bits per heavy atom. The van der Waals surface area contributed by atoms with Crippen molar-refractivity contribution in [3.63, 3.8) is 0 Å². The molecule has 2 heterocycles. The van der Waals surface area contributed by atoms with Crippen LogP contribution in [0.4, 0.5) is 10.1 Å². The summed E-state index contributed by atoms with van der Waals surface area (Å²) in [5.74, 6) is 0.787. The molecule has 2 fully saturated rings. The molecule has 2 aliphatic heterocycles. The fourth-order valence-corrected chi connectivity index (χ4v) is 7.64. The second kappa shape index (κ2) is 11.3. The fourth-order valence-electron chi connectivity index (χ4n) is 5.69. The lowest BCUT2D eigenvalue weighted by molar-refractivity contribution is -0.118. The molecule has 2 aliphatic rings. The molecule has 1 N–H and O–H groups in total. The van der Waals surface area contributed by atoms with E-state index in [4.69, 9.17) is 4.74 Å². The highest BCUT2D eigenvalue weighted by molar-refractivity contribution is 7.89. The van der Waals surface area contributed by atoms with E-state index < -0.39 is 21.4 Å². The summed E-state index contributed by atoms with van der Waals surface area (Å²) in [5.41, 5.74) is -0.0151. The first-order valence-corrected chi connectivity index (χ1v) is 15.1. The molecular weight excluding hydrogens is 529 g/mol. The predicted molar refractivity (Wildman–Crippen MR) is 153 cm³/mol. The molecule has 212 valence electrons. The number of benzene rings is 3. The Morgan fingerprint density at radius 3 is 2.25 bits per heavy atom. The number of hydrogen-bond donors (Lipinski definition) is 1. The first-order chi connectivity index (χ1) is 19.0. The summed E-state index contributed by atoms with van der Waals surface area (Å²) in [4.78, 5) is 14.9. The molecular formula is C31H36FN3O4S. The molecule has 1 amide bonds. The van der Waals surface area contributed by atoms with Crippen LogP contribution in [-0.2, 0) is 14.8 Å². The summed E-state index contributed by atoms with van der Waals surface area (Å²) in [6.45, 7) is 5.98. The number of sulfonamides is 1. The number of rotatable bonds is 7. The lowest BCUT2D eigenvalue weighted by Gasteiger charge is -2.53. The van der Waals surface area contributed by atoms with Crippen LogP contribution in [0.3, 0.4) is 0 Å². The predicted octanol–water partition coefficient (Wildman–Crippen LogP) is 5.90. The van der Waals surface area contributed by atoms with Crippen molar-refractivity contribution < 1.29 is 22.3 Å². The molecule has 0 aromatic heterocycles. The zero-order chi connectivity index (χ0) is 28.4. The van der Waals surface area contributed by atoms with Crippen LogP contribution >= 0.6 is 0 Å². The van der Waals surface area contributed by atoms with Crippen LogP contribution in [0.25, 0.3) is 0 Å². The van der Waals surface area contributed by atoms with E-state index in [0.717, 1.165) is 37.5 Å². The van der Waals surface area contributed by atoms with Gasteiger partial charge in [0.2, 0.25) is 15.9 Å². The van der Waals surface area contributed by atoms with Crippen molar-refractivity contribution in [2.75, 3.05) is 31.5 Å². The number of ether oxygens (including phenoxy) is 1. The maximum absolute atomic E-state index is 13.9. The summed E-state index contributed by atoms with van der Waals surface area (Å²) in [5, 5.41) is 2.96. The number of carbonyl (C=O) groups excluding carboxylic acids is 1. The first-order valence-electron chi connectivity index (χ1n) is 13.7. The van der Waals surface area contributed by atoms with E-state index in [1.165, 1.54) is 18.2 Å². The highest BCUT2D eigenvalue weighted by Crippen LogP contribution is 2.46.